The van der Waals surface area contributed by atoms with Crippen LogP contribution in [0.4, 0.5) is 0 Å². The molecule has 176 valence electrons. The zero-order valence-corrected chi connectivity index (χ0v) is 20.2. The standard InChI is InChI=1S/C24H43N5O2/c1-6-25-24(26-12-14-28(4)13-9-15-30-5)27-16-22-10-7-8-11-23(22)19-29-17-20(2)31-21(3)18-29/h7-8,10-11,20-21H,6,9,12-19H2,1-5H3,(H2,25,26,27). The molecule has 1 aliphatic heterocycles. The molecule has 7 nitrogen and oxygen atoms in total. The molecule has 2 rings (SSSR count). The summed E-state index contributed by atoms with van der Waals surface area (Å²) in [7, 11) is 3.89. The molecule has 0 amide bonds. The van der Waals surface area contributed by atoms with Crippen LogP contribution in [0.15, 0.2) is 29.3 Å². The van der Waals surface area contributed by atoms with E-state index in [1.165, 1.54) is 11.1 Å². The monoisotopic (exact) mass is 433 g/mol. The molecule has 1 saturated heterocycles. The van der Waals surface area contributed by atoms with Gasteiger partial charge in [-0.05, 0) is 45.4 Å². The minimum Gasteiger partial charge on any atom is -0.385 e. The quantitative estimate of drug-likeness (QED) is 0.300. The number of benzene rings is 1. The molecule has 0 bridgehead atoms. The van der Waals surface area contributed by atoms with E-state index in [1.54, 1.807) is 7.11 Å². The van der Waals surface area contributed by atoms with Crippen molar-refractivity contribution < 1.29 is 9.47 Å². The lowest BCUT2D eigenvalue weighted by molar-refractivity contribution is -0.0705. The van der Waals surface area contributed by atoms with Gasteiger partial charge in [0.15, 0.2) is 5.96 Å². The number of guanidine groups is 1. The SMILES string of the molecule is CCNC(=NCc1ccccc1CN1CC(C)OC(C)C1)NCCN(C)CCCOC. The molecule has 1 heterocycles. The highest BCUT2D eigenvalue weighted by molar-refractivity contribution is 5.79. The van der Waals surface area contributed by atoms with Crippen LogP contribution in [0.5, 0.6) is 0 Å². The lowest BCUT2D eigenvalue weighted by atomic mass is 10.1. The third kappa shape index (κ3) is 9.99. The molecule has 2 N–H and O–H groups in total. The Labute approximate surface area is 189 Å². The van der Waals surface area contributed by atoms with Crippen LogP contribution in [0.1, 0.15) is 38.3 Å². The number of hydrogen-bond donors (Lipinski definition) is 2. The number of ether oxygens (including phenoxy) is 2. The number of morpholine rings is 1. The molecule has 2 atom stereocenters. The first-order valence-corrected chi connectivity index (χ1v) is 11.7. The van der Waals surface area contributed by atoms with Gasteiger partial charge in [0.05, 0.1) is 18.8 Å². The summed E-state index contributed by atoms with van der Waals surface area (Å²) in [5, 5.41) is 6.83. The number of methoxy groups -OCH3 is 1. The summed E-state index contributed by atoms with van der Waals surface area (Å²) >= 11 is 0. The second-order valence-corrected chi connectivity index (χ2v) is 8.49. The van der Waals surface area contributed by atoms with Crippen LogP contribution in [0, 0.1) is 0 Å². The fourth-order valence-electron chi connectivity index (χ4n) is 3.98. The third-order valence-corrected chi connectivity index (χ3v) is 5.43. The maximum Gasteiger partial charge on any atom is 0.191 e. The fourth-order valence-corrected chi connectivity index (χ4v) is 3.98. The summed E-state index contributed by atoms with van der Waals surface area (Å²) in [5.41, 5.74) is 2.63. The second kappa shape index (κ2) is 14.4. The Bertz CT molecular complexity index is 645. The summed E-state index contributed by atoms with van der Waals surface area (Å²) in [6, 6.07) is 8.65. The number of nitrogens with one attached hydrogen (secondary N) is 2. The van der Waals surface area contributed by atoms with E-state index in [4.69, 9.17) is 14.5 Å². The van der Waals surface area contributed by atoms with E-state index < -0.39 is 0 Å². The Kier molecular flexibility index (Phi) is 11.9. The van der Waals surface area contributed by atoms with Gasteiger partial charge in [0, 0.05) is 59.5 Å². The lowest BCUT2D eigenvalue weighted by Gasteiger charge is -2.35. The van der Waals surface area contributed by atoms with Crippen molar-refractivity contribution >= 4 is 5.96 Å². The van der Waals surface area contributed by atoms with Gasteiger partial charge in [0.1, 0.15) is 0 Å². The molecule has 0 aromatic heterocycles. The summed E-state index contributed by atoms with van der Waals surface area (Å²) in [6.07, 6.45) is 1.62. The average molecular weight is 434 g/mol. The van der Waals surface area contributed by atoms with E-state index in [-0.39, 0.29) is 12.2 Å². The predicted molar refractivity (Wildman–Crippen MR) is 129 cm³/mol. The average Bonchev–Trinajstić information content (AvgIpc) is 2.72. The van der Waals surface area contributed by atoms with E-state index in [9.17, 15) is 0 Å². The van der Waals surface area contributed by atoms with Crippen LogP contribution >= 0.6 is 0 Å². The minimum absolute atomic E-state index is 0.283. The molecule has 0 spiro atoms. The normalized spacial score (nSPS) is 20.3. The molecular weight excluding hydrogens is 390 g/mol. The van der Waals surface area contributed by atoms with Gasteiger partial charge in [-0.3, -0.25) is 4.90 Å². The Hall–Kier alpha value is -1.67. The molecule has 1 aliphatic rings. The van der Waals surface area contributed by atoms with Crippen LogP contribution in [0.3, 0.4) is 0 Å². The molecule has 7 heteroatoms. The smallest absolute Gasteiger partial charge is 0.191 e. The Morgan fingerprint density at radius 2 is 1.87 bits per heavy atom. The van der Waals surface area contributed by atoms with Crippen molar-refractivity contribution in [2.45, 2.75) is 52.5 Å². The van der Waals surface area contributed by atoms with Crippen LogP contribution < -0.4 is 10.6 Å². The first-order chi connectivity index (χ1) is 15.0. The maximum atomic E-state index is 5.88. The largest absolute Gasteiger partial charge is 0.385 e. The molecule has 1 aromatic carbocycles. The van der Waals surface area contributed by atoms with Crippen LogP contribution in [0.25, 0.3) is 0 Å². The predicted octanol–water partition coefficient (Wildman–Crippen LogP) is 2.32. The first kappa shape index (κ1) is 25.6. The number of hydrogen-bond acceptors (Lipinski definition) is 5. The van der Waals surface area contributed by atoms with Crippen molar-refractivity contribution in [3.8, 4) is 0 Å². The molecule has 0 radical (unpaired) electrons. The number of aliphatic imine (C=N–C) groups is 1. The molecule has 1 fully saturated rings. The van der Waals surface area contributed by atoms with E-state index in [0.29, 0.717) is 6.54 Å². The molecule has 0 saturated carbocycles. The number of likely N-dealkylation sites (N-methyl/N-ethyl adjacent to an activating group) is 1. The summed E-state index contributed by atoms with van der Waals surface area (Å²) in [4.78, 5) is 9.66. The fraction of sp³-hybridized carbons (Fsp3) is 0.708. The molecule has 2 unspecified atom stereocenters. The van der Waals surface area contributed by atoms with Crippen LogP contribution in [-0.2, 0) is 22.6 Å². The van der Waals surface area contributed by atoms with Gasteiger partial charge < -0.3 is 25.0 Å². The first-order valence-electron chi connectivity index (χ1n) is 11.7. The van der Waals surface area contributed by atoms with Crippen molar-refractivity contribution in [3.63, 3.8) is 0 Å². The van der Waals surface area contributed by atoms with Gasteiger partial charge in [-0.2, -0.15) is 0 Å². The molecular formula is C24H43N5O2. The van der Waals surface area contributed by atoms with Crippen molar-refractivity contribution in [2.24, 2.45) is 4.99 Å². The topological polar surface area (TPSA) is 61.4 Å². The van der Waals surface area contributed by atoms with E-state index in [0.717, 1.165) is 64.8 Å². The highest BCUT2D eigenvalue weighted by Crippen LogP contribution is 2.17. The highest BCUT2D eigenvalue weighted by Gasteiger charge is 2.22. The zero-order chi connectivity index (χ0) is 22.5. The number of nitrogens with zero attached hydrogens (tertiary/aromatic N) is 3. The summed E-state index contributed by atoms with van der Waals surface area (Å²) in [6.45, 7) is 14.5. The third-order valence-electron chi connectivity index (χ3n) is 5.43. The van der Waals surface area contributed by atoms with Crippen LogP contribution in [0.2, 0.25) is 0 Å². The van der Waals surface area contributed by atoms with E-state index in [2.05, 4.69) is 72.5 Å². The van der Waals surface area contributed by atoms with Crippen molar-refractivity contribution in [1.29, 1.82) is 0 Å². The summed E-state index contributed by atoms with van der Waals surface area (Å²) in [5.74, 6) is 0.871. The second-order valence-electron chi connectivity index (χ2n) is 8.49. The highest BCUT2D eigenvalue weighted by atomic mass is 16.5. The van der Waals surface area contributed by atoms with Gasteiger partial charge in [-0.25, -0.2) is 4.99 Å². The minimum atomic E-state index is 0.283. The zero-order valence-electron chi connectivity index (χ0n) is 20.2. The van der Waals surface area contributed by atoms with Gasteiger partial charge >= 0.3 is 0 Å². The van der Waals surface area contributed by atoms with Crippen molar-refractivity contribution in [1.82, 2.24) is 20.4 Å². The van der Waals surface area contributed by atoms with Crippen LogP contribution in [-0.4, -0.2) is 88.0 Å². The van der Waals surface area contributed by atoms with Gasteiger partial charge in [0.2, 0.25) is 0 Å². The summed E-state index contributed by atoms with van der Waals surface area (Å²) < 4.78 is 11.0. The molecule has 1 aromatic rings. The van der Waals surface area contributed by atoms with Crippen molar-refractivity contribution in [2.75, 3.05) is 60.0 Å². The Morgan fingerprint density at radius 1 is 1.16 bits per heavy atom. The van der Waals surface area contributed by atoms with E-state index in [1.807, 2.05) is 0 Å². The van der Waals surface area contributed by atoms with Crippen molar-refractivity contribution in [3.05, 3.63) is 35.4 Å². The molecule has 31 heavy (non-hydrogen) atoms. The molecule has 0 aliphatic carbocycles. The Morgan fingerprint density at radius 3 is 2.55 bits per heavy atom. The number of rotatable bonds is 12. The lowest BCUT2D eigenvalue weighted by Crippen LogP contribution is -2.44. The maximum absolute atomic E-state index is 5.88. The van der Waals surface area contributed by atoms with Gasteiger partial charge in [-0.15, -0.1) is 0 Å². The van der Waals surface area contributed by atoms with Gasteiger partial charge in [0.25, 0.3) is 0 Å². The van der Waals surface area contributed by atoms with E-state index >= 15 is 0 Å². The van der Waals surface area contributed by atoms with Gasteiger partial charge in [-0.1, -0.05) is 24.3 Å². The Balaban J connectivity index is 1.90.